The summed E-state index contributed by atoms with van der Waals surface area (Å²) in [5.74, 6) is -2.24. The number of H-pyrrole nitrogens is 1. The second kappa shape index (κ2) is 6.49. The third-order valence-electron chi connectivity index (χ3n) is 4.41. The van der Waals surface area contributed by atoms with Gasteiger partial charge < -0.3 is 10.4 Å². The lowest BCUT2D eigenvalue weighted by Crippen LogP contribution is -2.45. The number of aromatic nitrogens is 3. The number of aliphatic hydroxyl groups is 1. The molecular formula is C16H14F2N6O3S. The fourth-order valence-electron chi connectivity index (χ4n) is 2.96. The Bertz CT molecular complexity index is 1070. The highest BCUT2D eigenvalue weighted by Gasteiger charge is 2.37. The number of carbonyl (C=O) groups excluding carboxylic acids is 2. The Morgan fingerprint density at radius 3 is 2.82 bits per heavy atom. The number of hydrogen-bond acceptors (Lipinski definition) is 6. The van der Waals surface area contributed by atoms with Crippen LogP contribution in [-0.2, 0) is 11.2 Å². The molecule has 1 aliphatic rings. The summed E-state index contributed by atoms with van der Waals surface area (Å²) in [7, 11) is 2.94. The number of aliphatic hydroxyl groups excluding tert-OH is 1. The Morgan fingerprint density at radius 1 is 1.36 bits per heavy atom. The van der Waals surface area contributed by atoms with Crippen molar-refractivity contribution in [2.75, 3.05) is 24.3 Å². The molecule has 0 spiro atoms. The molecule has 0 saturated carbocycles. The maximum absolute atomic E-state index is 13.3. The number of fused-ring (bicyclic) bond motifs is 2. The van der Waals surface area contributed by atoms with Crippen LogP contribution in [0.4, 0.5) is 24.5 Å². The quantitative estimate of drug-likeness (QED) is 0.613. The highest BCUT2D eigenvalue weighted by atomic mass is 32.1. The van der Waals surface area contributed by atoms with Crippen molar-refractivity contribution in [1.29, 1.82) is 0 Å². The molecular weight excluding hydrogens is 394 g/mol. The molecule has 3 amide bonds. The molecule has 1 aromatic carbocycles. The van der Waals surface area contributed by atoms with Gasteiger partial charge in [-0.05, 0) is 6.07 Å². The van der Waals surface area contributed by atoms with Gasteiger partial charge in [-0.25, -0.2) is 18.6 Å². The predicted molar refractivity (Wildman–Crippen MR) is 97.0 cm³/mol. The molecule has 28 heavy (non-hydrogen) atoms. The van der Waals surface area contributed by atoms with Crippen molar-refractivity contribution in [1.82, 2.24) is 20.1 Å². The number of urea groups is 1. The van der Waals surface area contributed by atoms with Crippen LogP contribution < -0.4 is 10.2 Å². The molecule has 0 aliphatic carbocycles. The number of anilines is 2. The monoisotopic (exact) mass is 408 g/mol. The van der Waals surface area contributed by atoms with Gasteiger partial charge >= 0.3 is 6.03 Å². The molecule has 1 unspecified atom stereocenters. The van der Waals surface area contributed by atoms with Crippen molar-refractivity contribution in [3.05, 3.63) is 35.0 Å². The van der Waals surface area contributed by atoms with Gasteiger partial charge in [0.15, 0.2) is 28.8 Å². The van der Waals surface area contributed by atoms with Crippen molar-refractivity contribution in [3.63, 3.8) is 0 Å². The fourth-order valence-corrected chi connectivity index (χ4v) is 3.85. The average Bonchev–Trinajstić information content (AvgIpc) is 3.22. The third kappa shape index (κ3) is 2.86. The first-order valence-corrected chi connectivity index (χ1v) is 8.89. The molecule has 3 heterocycles. The topological polar surface area (TPSA) is 114 Å². The lowest BCUT2D eigenvalue weighted by atomic mass is 10.1. The van der Waals surface area contributed by atoms with Gasteiger partial charge in [0.1, 0.15) is 0 Å². The van der Waals surface area contributed by atoms with Crippen LogP contribution in [0, 0.1) is 11.6 Å². The zero-order chi connectivity index (χ0) is 20.2. The number of rotatable bonds is 3. The van der Waals surface area contributed by atoms with Gasteiger partial charge in [-0.3, -0.25) is 19.7 Å². The second-order valence-corrected chi connectivity index (χ2v) is 7.27. The largest absolute Gasteiger partial charge is 0.369 e. The van der Waals surface area contributed by atoms with Crippen LogP contribution in [0.3, 0.4) is 0 Å². The standard InChI is InChI=1S/C16H14F2N6O3S/c1-23-13-12(14(26)24(2)16(23)27)9(21-22-13)5-11(25)20-15-19-8-3-6(17)7(18)4-10(8)28-15/h3-4,14,26H,5H2,1-2H3,(H,21,22)(H,19,20,25). The summed E-state index contributed by atoms with van der Waals surface area (Å²) in [6.07, 6.45) is -1.41. The van der Waals surface area contributed by atoms with Crippen LogP contribution in [-0.4, -0.2) is 51.2 Å². The van der Waals surface area contributed by atoms with Crippen LogP contribution in [0.1, 0.15) is 17.5 Å². The first kappa shape index (κ1) is 18.3. The molecule has 0 fully saturated rings. The van der Waals surface area contributed by atoms with E-state index in [1.807, 2.05) is 0 Å². The maximum Gasteiger partial charge on any atom is 0.327 e. The molecule has 12 heteroatoms. The van der Waals surface area contributed by atoms with E-state index in [9.17, 15) is 23.5 Å². The van der Waals surface area contributed by atoms with Gasteiger partial charge in [0.2, 0.25) is 5.91 Å². The lowest BCUT2D eigenvalue weighted by Gasteiger charge is -2.33. The average molecular weight is 408 g/mol. The van der Waals surface area contributed by atoms with Crippen LogP contribution in [0.15, 0.2) is 12.1 Å². The van der Waals surface area contributed by atoms with Gasteiger partial charge in [0.05, 0.1) is 27.9 Å². The Morgan fingerprint density at radius 2 is 2.07 bits per heavy atom. The molecule has 9 nitrogen and oxygen atoms in total. The van der Waals surface area contributed by atoms with Crippen molar-refractivity contribution < 1.29 is 23.5 Å². The molecule has 0 bridgehead atoms. The maximum atomic E-state index is 13.3. The molecule has 1 atom stereocenters. The molecule has 1 aliphatic heterocycles. The Balaban J connectivity index is 1.55. The molecule has 146 valence electrons. The number of thiazole rings is 1. The molecule has 3 aromatic rings. The van der Waals surface area contributed by atoms with E-state index in [2.05, 4.69) is 20.5 Å². The smallest absolute Gasteiger partial charge is 0.327 e. The van der Waals surface area contributed by atoms with E-state index < -0.39 is 29.8 Å². The van der Waals surface area contributed by atoms with E-state index in [4.69, 9.17) is 0 Å². The summed E-state index contributed by atoms with van der Waals surface area (Å²) in [6.45, 7) is 0. The van der Waals surface area contributed by atoms with Crippen LogP contribution in [0.5, 0.6) is 0 Å². The number of nitrogens with zero attached hydrogens (tertiary/aromatic N) is 4. The van der Waals surface area contributed by atoms with E-state index in [-0.39, 0.29) is 22.9 Å². The highest BCUT2D eigenvalue weighted by Crippen LogP contribution is 2.34. The van der Waals surface area contributed by atoms with Crippen molar-refractivity contribution in [2.24, 2.45) is 0 Å². The molecule has 0 radical (unpaired) electrons. The number of amides is 3. The van der Waals surface area contributed by atoms with Crippen molar-refractivity contribution >= 4 is 44.4 Å². The number of halogens is 2. The number of nitrogens with one attached hydrogen (secondary N) is 2. The summed E-state index contributed by atoms with van der Waals surface area (Å²) < 4.78 is 27.0. The second-order valence-electron chi connectivity index (χ2n) is 6.24. The Labute approximate surface area is 160 Å². The lowest BCUT2D eigenvalue weighted by molar-refractivity contribution is -0.115. The van der Waals surface area contributed by atoms with Crippen LogP contribution in [0.25, 0.3) is 10.2 Å². The van der Waals surface area contributed by atoms with Gasteiger partial charge in [-0.1, -0.05) is 11.3 Å². The minimum Gasteiger partial charge on any atom is -0.369 e. The van der Waals surface area contributed by atoms with Crippen LogP contribution >= 0.6 is 11.3 Å². The van der Waals surface area contributed by atoms with E-state index in [1.165, 1.54) is 19.0 Å². The van der Waals surface area contributed by atoms with Gasteiger partial charge in [0.25, 0.3) is 0 Å². The Hall–Kier alpha value is -3.12. The summed E-state index contributed by atoms with van der Waals surface area (Å²) in [6, 6.07) is 1.54. The van der Waals surface area contributed by atoms with Crippen molar-refractivity contribution in [2.45, 2.75) is 12.6 Å². The summed E-state index contributed by atoms with van der Waals surface area (Å²) in [4.78, 5) is 30.8. The van der Waals surface area contributed by atoms with E-state index in [0.717, 1.165) is 28.4 Å². The molecule has 0 saturated heterocycles. The molecule has 3 N–H and O–H groups in total. The van der Waals surface area contributed by atoms with Gasteiger partial charge in [-0.2, -0.15) is 5.10 Å². The zero-order valence-electron chi connectivity index (χ0n) is 14.7. The zero-order valence-corrected chi connectivity index (χ0v) is 15.5. The first-order valence-electron chi connectivity index (χ1n) is 8.07. The number of benzene rings is 1. The third-order valence-corrected chi connectivity index (χ3v) is 5.34. The number of hydrogen-bond donors (Lipinski definition) is 3. The molecule has 2 aromatic heterocycles. The van der Waals surface area contributed by atoms with Crippen molar-refractivity contribution in [3.8, 4) is 0 Å². The predicted octanol–water partition coefficient (Wildman–Crippen LogP) is 1.97. The SMILES string of the molecule is CN1C(=O)N(C)C(O)c2c1n[nH]c2CC(=O)Nc1nc2cc(F)c(F)cc2s1. The summed E-state index contributed by atoms with van der Waals surface area (Å²) in [5.41, 5.74) is 0.896. The van der Waals surface area contributed by atoms with E-state index >= 15 is 0 Å². The highest BCUT2D eigenvalue weighted by molar-refractivity contribution is 7.22. The Kier molecular flexibility index (Phi) is 4.23. The molecule has 4 rings (SSSR count). The number of aromatic amines is 1. The normalized spacial score (nSPS) is 16.6. The fraction of sp³-hybridized carbons (Fsp3) is 0.250. The number of carbonyl (C=O) groups is 2. The summed E-state index contributed by atoms with van der Waals surface area (Å²) in [5, 5.41) is 19.8. The van der Waals surface area contributed by atoms with Crippen LogP contribution in [0.2, 0.25) is 0 Å². The van der Waals surface area contributed by atoms with E-state index in [0.29, 0.717) is 16.0 Å². The van der Waals surface area contributed by atoms with E-state index in [1.54, 1.807) is 0 Å². The van der Waals surface area contributed by atoms with Gasteiger partial charge in [0, 0.05) is 20.2 Å². The first-order chi connectivity index (χ1) is 13.3. The summed E-state index contributed by atoms with van der Waals surface area (Å²) >= 11 is 1.01. The minimum atomic E-state index is -1.24. The minimum absolute atomic E-state index is 0.173. The van der Waals surface area contributed by atoms with Gasteiger partial charge in [-0.15, -0.1) is 0 Å².